The Morgan fingerprint density at radius 1 is 1.00 bits per heavy atom. The van der Waals surface area contributed by atoms with Gasteiger partial charge >= 0.3 is 6.18 Å². The molecule has 0 spiro atoms. The molecule has 2 aromatic carbocycles. The van der Waals surface area contributed by atoms with Crippen LogP contribution in [0.2, 0.25) is 0 Å². The van der Waals surface area contributed by atoms with Crippen LogP contribution in [0.4, 0.5) is 13.2 Å². The van der Waals surface area contributed by atoms with Crippen LogP contribution in [0.1, 0.15) is 17.5 Å². The molecule has 2 rings (SSSR count). The molecule has 128 valence electrons. The summed E-state index contributed by atoms with van der Waals surface area (Å²) in [7, 11) is 0. The van der Waals surface area contributed by atoms with Gasteiger partial charge in [0.15, 0.2) is 6.61 Å². The van der Waals surface area contributed by atoms with Crippen LogP contribution in [0.15, 0.2) is 54.6 Å². The number of carbonyl (C=O) groups is 1. The van der Waals surface area contributed by atoms with Crippen molar-refractivity contribution in [3.63, 3.8) is 0 Å². The average molecular weight is 337 g/mol. The molecule has 0 fully saturated rings. The second kappa shape index (κ2) is 8.38. The number of rotatable bonds is 7. The topological polar surface area (TPSA) is 38.3 Å². The van der Waals surface area contributed by atoms with Crippen molar-refractivity contribution in [2.45, 2.75) is 19.0 Å². The second-order valence-electron chi connectivity index (χ2n) is 5.22. The fraction of sp³-hybridized carbons (Fsp3) is 0.278. The zero-order valence-electron chi connectivity index (χ0n) is 13.0. The minimum absolute atomic E-state index is 0.343. The van der Waals surface area contributed by atoms with Crippen molar-refractivity contribution in [3.05, 3.63) is 65.7 Å². The first-order valence-corrected chi connectivity index (χ1v) is 7.56. The van der Waals surface area contributed by atoms with Gasteiger partial charge in [-0.1, -0.05) is 42.5 Å². The van der Waals surface area contributed by atoms with Crippen LogP contribution in [-0.4, -0.2) is 19.1 Å². The number of hydrogen-bond donors (Lipinski definition) is 1. The van der Waals surface area contributed by atoms with Crippen molar-refractivity contribution >= 4 is 5.91 Å². The molecule has 0 radical (unpaired) electrons. The number of para-hydroxylation sites is 1. The summed E-state index contributed by atoms with van der Waals surface area (Å²) < 4.78 is 43.4. The summed E-state index contributed by atoms with van der Waals surface area (Å²) in [6.45, 7) is -0.00354. The Kier molecular flexibility index (Phi) is 6.23. The van der Waals surface area contributed by atoms with Gasteiger partial charge in [-0.3, -0.25) is 4.79 Å². The summed E-state index contributed by atoms with van der Waals surface area (Å²) >= 11 is 0. The molecule has 3 nitrogen and oxygen atoms in total. The number of aryl methyl sites for hydroxylation is 1. The normalized spacial score (nSPS) is 11.1. The predicted octanol–water partition coefficient (Wildman–Crippen LogP) is 3.83. The quantitative estimate of drug-likeness (QED) is 0.780. The molecular weight excluding hydrogens is 319 g/mol. The number of benzene rings is 2. The van der Waals surface area contributed by atoms with E-state index < -0.39 is 24.3 Å². The minimum Gasteiger partial charge on any atom is -0.483 e. The number of carbonyl (C=O) groups excluding carboxylic acids is 1. The Balaban J connectivity index is 1.74. The highest BCUT2D eigenvalue weighted by atomic mass is 19.4. The molecule has 2 aromatic rings. The zero-order chi connectivity index (χ0) is 17.4. The molecule has 0 unspecified atom stereocenters. The Morgan fingerprint density at radius 3 is 2.38 bits per heavy atom. The van der Waals surface area contributed by atoms with Crippen LogP contribution in [0.3, 0.4) is 0 Å². The van der Waals surface area contributed by atoms with E-state index in [0.29, 0.717) is 6.54 Å². The lowest BCUT2D eigenvalue weighted by Crippen LogP contribution is -2.30. The first-order chi connectivity index (χ1) is 11.5. The standard InChI is InChI=1S/C18H18F3NO2/c19-18(20,21)15-10-4-5-11-16(15)24-13-17(23)22-12-6-9-14-7-2-1-3-8-14/h1-5,7-8,10-11H,6,9,12-13H2,(H,22,23). The van der Waals surface area contributed by atoms with E-state index in [9.17, 15) is 18.0 Å². The van der Waals surface area contributed by atoms with Crippen molar-refractivity contribution in [3.8, 4) is 5.75 Å². The van der Waals surface area contributed by atoms with Crippen molar-refractivity contribution in [2.75, 3.05) is 13.2 Å². The highest BCUT2D eigenvalue weighted by Crippen LogP contribution is 2.35. The lowest BCUT2D eigenvalue weighted by Gasteiger charge is -2.13. The van der Waals surface area contributed by atoms with Crippen LogP contribution < -0.4 is 10.1 Å². The minimum atomic E-state index is -4.51. The van der Waals surface area contributed by atoms with Crippen molar-refractivity contribution < 1.29 is 22.7 Å². The molecule has 0 atom stereocenters. The van der Waals surface area contributed by atoms with Gasteiger partial charge in [0.2, 0.25) is 0 Å². The van der Waals surface area contributed by atoms with E-state index in [0.717, 1.165) is 18.9 Å². The molecule has 1 amide bonds. The second-order valence-corrected chi connectivity index (χ2v) is 5.22. The Bertz CT molecular complexity index is 657. The van der Waals surface area contributed by atoms with E-state index in [4.69, 9.17) is 4.74 Å². The van der Waals surface area contributed by atoms with Crippen LogP contribution in [0, 0.1) is 0 Å². The molecule has 24 heavy (non-hydrogen) atoms. The van der Waals surface area contributed by atoms with E-state index in [2.05, 4.69) is 5.32 Å². The third kappa shape index (κ3) is 5.61. The molecule has 0 heterocycles. The van der Waals surface area contributed by atoms with Gasteiger partial charge in [0.25, 0.3) is 5.91 Å². The third-order valence-electron chi connectivity index (χ3n) is 3.36. The third-order valence-corrected chi connectivity index (χ3v) is 3.36. The average Bonchev–Trinajstić information content (AvgIpc) is 2.57. The molecule has 6 heteroatoms. The summed E-state index contributed by atoms with van der Waals surface area (Å²) in [4.78, 5) is 11.7. The number of ether oxygens (including phenoxy) is 1. The lowest BCUT2D eigenvalue weighted by atomic mass is 10.1. The maximum absolute atomic E-state index is 12.8. The first kappa shape index (κ1) is 17.8. The van der Waals surface area contributed by atoms with Gasteiger partial charge in [0.1, 0.15) is 5.75 Å². The largest absolute Gasteiger partial charge is 0.483 e. The van der Waals surface area contributed by atoms with E-state index in [1.807, 2.05) is 30.3 Å². The summed E-state index contributed by atoms with van der Waals surface area (Å²) in [6.07, 6.45) is -2.95. The molecule has 0 bridgehead atoms. The SMILES string of the molecule is O=C(COc1ccccc1C(F)(F)F)NCCCc1ccccc1. The predicted molar refractivity (Wildman–Crippen MR) is 84.7 cm³/mol. The van der Waals surface area contributed by atoms with Crippen molar-refractivity contribution in [2.24, 2.45) is 0 Å². The molecule has 0 aromatic heterocycles. The maximum atomic E-state index is 12.8. The Morgan fingerprint density at radius 2 is 1.67 bits per heavy atom. The van der Waals surface area contributed by atoms with Gasteiger partial charge in [-0.2, -0.15) is 13.2 Å². The lowest BCUT2D eigenvalue weighted by molar-refractivity contribution is -0.139. The molecular formula is C18H18F3NO2. The van der Waals surface area contributed by atoms with Crippen LogP contribution >= 0.6 is 0 Å². The number of amides is 1. The van der Waals surface area contributed by atoms with E-state index >= 15 is 0 Å². The van der Waals surface area contributed by atoms with E-state index in [-0.39, 0.29) is 5.75 Å². The maximum Gasteiger partial charge on any atom is 0.419 e. The summed E-state index contributed by atoms with van der Waals surface area (Å²) in [5, 5.41) is 2.64. The number of alkyl halides is 3. The highest BCUT2D eigenvalue weighted by Gasteiger charge is 2.34. The zero-order valence-corrected chi connectivity index (χ0v) is 13.0. The Hall–Kier alpha value is -2.50. The summed E-state index contributed by atoms with van der Waals surface area (Å²) in [6, 6.07) is 14.7. The fourth-order valence-corrected chi connectivity index (χ4v) is 2.19. The van der Waals surface area contributed by atoms with Gasteiger partial charge in [0.05, 0.1) is 5.56 Å². The van der Waals surface area contributed by atoms with Gasteiger partial charge < -0.3 is 10.1 Å². The highest BCUT2D eigenvalue weighted by molar-refractivity contribution is 5.77. The van der Waals surface area contributed by atoms with Gasteiger partial charge in [-0.05, 0) is 30.5 Å². The van der Waals surface area contributed by atoms with E-state index in [1.165, 1.54) is 23.8 Å². The smallest absolute Gasteiger partial charge is 0.419 e. The molecule has 0 aliphatic rings. The number of halogens is 3. The Labute approximate surface area is 138 Å². The van der Waals surface area contributed by atoms with Gasteiger partial charge in [-0.25, -0.2) is 0 Å². The molecule has 0 saturated carbocycles. The number of hydrogen-bond acceptors (Lipinski definition) is 2. The van der Waals surface area contributed by atoms with Crippen LogP contribution in [0.5, 0.6) is 5.75 Å². The first-order valence-electron chi connectivity index (χ1n) is 7.56. The van der Waals surface area contributed by atoms with E-state index in [1.54, 1.807) is 0 Å². The monoisotopic (exact) mass is 337 g/mol. The van der Waals surface area contributed by atoms with Gasteiger partial charge in [0, 0.05) is 6.54 Å². The van der Waals surface area contributed by atoms with Crippen LogP contribution in [0.25, 0.3) is 0 Å². The molecule has 0 aliphatic heterocycles. The summed E-state index contributed by atoms with van der Waals surface area (Å²) in [5.41, 5.74) is 0.281. The molecule has 0 aliphatic carbocycles. The summed E-state index contributed by atoms with van der Waals surface area (Å²) in [5.74, 6) is -0.788. The van der Waals surface area contributed by atoms with Crippen molar-refractivity contribution in [1.29, 1.82) is 0 Å². The van der Waals surface area contributed by atoms with Gasteiger partial charge in [-0.15, -0.1) is 0 Å². The van der Waals surface area contributed by atoms with Crippen LogP contribution in [-0.2, 0) is 17.4 Å². The van der Waals surface area contributed by atoms with Crippen molar-refractivity contribution in [1.82, 2.24) is 5.32 Å². The molecule has 0 saturated heterocycles. The number of nitrogens with one attached hydrogen (secondary N) is 1. The molecule has 1 N–H and O–H groups in total. The fourth-order valence-electron chi connectivity index (χ4n) is 2.19.